The van der Waals surface area contributed by atoms with Crippen molar-refractivity contribution in [1.82, 2.24) is 10.6 Å². The van der Waals surface area contributed by atoms with Gasteiger partial charge >= 0.3 is 0 Å². The third-order valence-electron chi connectivity index (χ3n) is 4.14. The van der Waals surface area contributed by atoms with Gasteiger partial charge in [-0.25, -0.2) is 0 Å². The summed E-state index contributed by atoms with van der Waals surface area (Å²) < 4.78 is 5.41. The van der Waals surface area contributed by atoms with Gasteiger partial charge in [-0.15, -0.1) is 0 Å². The van der Waals surface area contributed by atoms with Crippen LogP contribution < -0.4 is 15.4 Å². The fraction of sp³-hybridized carbons (Fsp3) is 0.263. The number of hydrogen-bond donors (Lipinski definition) is 2. The number of methoxy groups -OCH3 is 1. The van der Waals surface area contributed by atoms with E-state index in [9.17, 15) is 9.59 Å². The van der Waals surface area contributed by atoms with Gasteiger partial charge in [0.25, 0.3) is 5.91 Å². The molecular weight excluding hydrogens is 304 g/mol. The molecular formula is C19H20N2O3. The van der Waals surface area contributed by atoms with E-state index in [1.807, 2.05) is 30.3 Å². The number of rotatable bonds is 4. The zero-order valence-electron chi connectivity index (χ0n) is 13.5. The zero-order chi connectivity index (χ0) is 16.9. The Kier molecular flexibility index (Phi) is 4.79. The first kappa shape index (κ1) is 16.1. The highest BCUT2D eigenvalue weighted by Gasteiger charge is 2.24. The summed E-state index contributed by atoms with van der Waals surface area (Å²) in [6, 6.07) is 14.6. The molecule has 0 radical (unpaired) electrons. The number of piperidine rings is 1. The van der Waals surface area contributed by atoms with Gasteiger partial charge in [-0.3, -0.25) is 9.59 Å². The summed E-state index contributed by atoms with van der Waals surface area (Å²) in [4.78, 5) is 24.3. The second kappa shape index (κ2) is 7.17. The van der Waals surface area contributed by atoms with Crippen molar-refractivity contribution in [2.24, 2.45) is 0 Å². The van der Waals surface area contributed by atoms with Crippen LogP contribution in [-0.2, 0) is 4.79 Å². The second-order valence-electron chi connectivity index (χ2n) is 5.74. The number of ether oxygens (including phenoxy) is 1. The quantitative estimate of drug-likeness (QED) is 0.907. The van der Waals surface area contributed by atoms with E-state index in [4.69, 9.17) is 4.74 Å². The molecule has 1 aliphatic rings. The molecule has 0 saturated carbocycles. The molecule has 2 N–H and O–H groups in total. The van der Waals surface area contributed by atoms with Crippen molar-refractivity contribution < 1.29 is 14.3 Å². The van der Waals surface area contributed by atoms with Gasteiger partial charge in [0.1, 0.15) is 11.8 Å². The van der Waals surface area contributed by atoms with E-state index in [0.29, 0.717) is 24.3 Å². The Morgan fingerprint density at radius 1 is 1.21 bits per heavy atom. The van der Waals surface area contributed by atoms with Crippen LogP contribution in [0.1, 0.15) is 23.2 Å². The lowest BCUT2D eigenvalue weighted by molar-refractivity contribution is -0.124. The molecule has 124 valence electrons. The number of hydrogen-bond acceptors (Lipinski definition) is 3. The van der Waals surface area contributed by atoms with Crippen molar-refractivity contribution in [3.05, 3.63) is 54.1 Å². The van der Waals surface area contributed by atoms with E-state index in [0.717, 1.165) is 17.5 Å². The Labute approximate surface area is 141 Å². The molecule has 2 aromatic carbocycles. The molecule has 1 aliphatic heterocycles. The minimum Gasteiger partial charge on any atom is -0.496 e. The largest absolute Gasteiger partial charge is 0.496 e. The van der Waals surface area contributed by atoms with E-state index < -0.39 is 6.04 Å². The smallest absolute Gasteiger partial charge is 0.251 e. The summed E-state index contributed by atoms with van der Waals surface area (Å²) in [6.45, 7) is 0.673. The average molecular weight is 324 g/mol. The van der Waals surface area contributed by atoms with E-state index >= 15 is 0 Å². The lowest BCUT2D eigenvalue weighted by atomic mass is 10.0. The maximum atomic E-state index is 12.5. The first-order valence-electron chi connectivity index (χ1n) is 8.01. The van der Waals surface area contributed by atoms with Crippen molar-refractivity contribution >= 4 is 11.8 Å². The van der Waals surface area contributed by atoms with Crippen molar-refractivity contribution in [2.75, 3.05) is 13.7 Å². The Bertz CT molecular complexity index is 744. The summed E-state index contributed by atoms with van der Waals surface area (Å²) >= 11 is 0. The van der Waals surface area contributed by atoms with Crippen LogP contribution in [0, 0.1) is 0 Å². The van der Waals surface area contributed by atoms with E-state index in [2.05, 4.69) is 10.6 Å². The first-order chi connectivity index (χ1) is 11.7. The van der Waals surface area contributed by atoms with Gasteiger partial charge in [-0.2, -0.15) is 0 Å². The summed E-state index contributed by atoms with van der Waals surface area (Å²) in [5, 5.41) is 5.58. The second-order valence-corrected chi connectivity index (χ2v) is 5.74. The molecule has 2 aromatic rings. The monoisotopic (exact) mass is 324 g/mol. The number of benzene rings is 2. The van der Waals surface area contributed by atoms with Crippen molar-refractivity contribution in [3.63, 3.8) is 0 Å². The molecule has 24 heavy (non-hydrogen) atoms. The van der Waals surface area contributed by atoms with Crippen LogP contribution >= 0.6 is 0 Å². The molecule has 0 unspecified atom stereocenters. The van der Waals surface area contributed by atoms with Gasteiger partial charge in [-0.05, 0) is 36.6 Å². The van der Waals surface area contributed by atoms with Crippen molar-refractivity contribution in [3.8, 4) is 16.9 Å². The fourth-order valence-corrected chi connectivity index (χ4v) is 2.84. The van der Waals surface area contributed by atoms with Gasteiger partial charge in [0.05, 0.1) is 7.11 Å². The van der Waals surface area contributed by atoms with Gasteiger partial charge in [0.2, 0.25) is 5.91 Å². The Hall–Kier alpha value is -2.82. The molecule has 1 atom stereocenters. The van der Waals surface area contributed by atoms with Crippen LogP contribution in [0.15, 0.2) is 48.5 Å². The maximum absolute atomic E-state index is 12.5. The predicted octanol–water partition coefficient (Wildman–Crippen LogP) is 2.37. The summed E-state index contributed by atoms with van der Waals surface area (Å²) in [5.74, 6) is 0.330. The number of amides is 2. The SMILES string of the molecule is COc1ccc(C(=O)N[C@@H]2CCCNC2=O)cc1-c1ccccc1. The Morgan fingerprint density at radius 3 is 2.71 bits per heavy atom. The molecule has 1 fully saturated rings. The highest BCUT2D eigenvalue weighted by atomic mass is 16.5. The predicted molar refractivity (Wildman–Crippen MR) is 91.9 cm³/mol. The lowest BCUT2D eigenvalue weighted by Gasteiger charge is -2.23. The molecule has 1 heterocycles. The van der Waals surface area contributed by atoms with E-state index in [1.165, 1.54) is 0 Å². The maximum Gasteiger partial charge on any atom is 0.251 e. The molecule has 0 aliphatic carbocycles. The fourth-order valence-electron chi connectivity index (χ4n) is 2.84. The van der Waals surface area contributed by atoms with E-state index in [1.54, 1.807) is 25.3 Å². The van der Waals surface area contributed by atoms with Crippen LogP contribution in [-0.4, -0.2) is 31.5 Å². The van der Waals surface area contributed by atoms with Gasteiger partial charge < -0.3 is 15.4 Å². The van der Waals surface area contributed by atoms with Crippen LogP contribution in [0.5, 0.6) is 5.75 Å². The van der Waals surface area contributed by atoms with Crippen LogP contribution in [0.2, 0.25) is 0 Å². The number of carbonyl (C=O) groups excluding carboxylic acids is 2. The normalized spacial score (nSPS) is 17.0. The van der Waals surface area contributed by atoms with Crippen molar-refractivity contribution in [2.45, 2.75) is 18.9 Å². The van der Waals surface area contributed by atoms with Crippen LogP contribution in [0.3, 0.4) is 0 Å². The number of nitrogens with one attached hydrogen (secondary N) is 2. The minimum absolute atomic E-state index is 0.119. The Morgan fingerprint density at radius 2 is 2.00 bits per heavy atom. The summed E-state index contributed by atoms with van der Waals surface area (Å²) in [6.07, 6.45) is 1.54. The molecule has 2 amide bonds. The molecule has 5 heteroatoms. The highest BCUT2D eigenvalue weighted by molar-refractivity contribution is 5.99. The van der Waals surface area contributed by atoms with E-state index in [-0.39, 0.29) is 11.8 Å². The molecule has 5 nitrogen and oxygen atoms in total. The average Bonchev–Trinajstić information content (AvgIpc) is 2.63. The third-order valence-corrected chi connectivity index (χ3v) is 4.14. The van der Waals surface area contributed by atoms with Crippen LogP contribution in [0.25, 0.3) is 11.1 Å². The zero-order valence-corrected chi connectivity index (χ0v) is 13.5. The standard InChI is InChI=1S/C19H20N2O3/c1-24-17-10-9-14(12-15(17)13-6-3-2-4-7-13)18(22)21-16-8-5-11-20-19(16)23/h2-4,6-7,9-10,12,16H,5,8,11H2,1H3,(H,20,23)(H,21,22)/t16-/m1/s1. The minimum atomic E-state index is -0.464. The molecule has 3 rings (SSSR count). The lowest BCUT2D eigenvalue weighted by Crippen LogP contribution is -2.50. The Balaban J connectivity index is 1.86. The molecule has 0 bridgehead atoms. The van der Waals surface area contributed by atoms with Gasteiger partial charge in [0, 0.05) is 17.7 Å². The number of carbonyl (C=O) groups is 2. The third kappa shape index (κ3) is 3.40. The summed E-state index contributed by atoms with van der Waals surface area (Å²) in [5.41, 5.74) is 2.33. The van der Waals surface area contributed by atoms with Gasteiger partial charge in [0.15, 0.2) is 0 Å². The molecule has 1 saturated heterocycles. The first-order valence-corrected chi connectivity index (χ1v) is 8.01. The molecule has 0 spiro atoms. The van der Waals surface area contributed by atoms with Gasteiger partial charge in [-0.1, -0.05) is 30.3 Å². The summed E-state index contributed by atoms with van der Waals surface area (Å²) in [7, 11) is 1.61. The highest BCUT2D eigenvalue weighted by Crippen LogP contribution is 2.30. The van der Waals surface area contributed by atoms with Crippen LogP contribution in [0.4, 0.5) is 0 Å². The molecule has 0 aromatic heterocycles. The topological polar surface area (TPSA) is 67.4 Å². The van der Waals surface area contributed by atoms with Crippen molar-refractivity contribution in [1.29, 1.82) is 0 Å².